The SMILES string of the molecule is COCCCn1c(SCc2cc(=O)n3ccsc3n2)nc2ccccc2c1=O. The average molecular weight is 415 g/mol. The molecule has 1 aromatic carbocycles. The molecule has 0 bridgehead atoms. The van der Waals surface area contributed by atoms with Gasteiger partial charge in [0, 0.05) is 43.7 Å². The number of hydrogen-bond acceptors (Lipinski definition) is 7. The molecule has 4 rings (SSSR count). The Morgan fingerprint density at radius 3 is 2.93 bits per heavy atom. The molecule has 0 aliphatic carbocycles. The fourth-order valence-corrected chi connectivity index (χ4v) is 4.58. The Bertz CT molecular complexity index is 1250. The molecule has 3 aromatic heterocycles. The van der Waals surface area contributed by atoms with Crippen LogP contribution in [0.4, 0.5) is 0 Å². The van der Waals surface area contributed by atoms with Crippen molar-refractivity contribution in [2.45, 2.75) is 23.9 Å². The first-order valence-corrected chi connectivity index (χ1v) is 10.6. The smallest absolute Gasteiger partial charge is 0.262 e. The Kier molecular flexibility index (Phi) is 5.56. The van der Waals surface area contributed by atoms with Crippen LogP contribution in [0.3, 0.4) is 0 Å². The van der Waals surface area contributed by atoms with Crippen molar-refractivity contribution in [1.29, 1.82) is 0 Å². The number of fused-ring (bicyclic) bond motifs is 2. The average Bonchev–Trinajstić information content (AvgIpc) is 3.18. The fourth-order valence-electron chi connectivity index (χ4n) is 2.92. The molecule has 0 amide bonds. The van der Waals surface area contributed by atoms with E-state index < -0.39 is 0 Å². The number of nitrogens with zero attached hydrogens (tertiary/aromatic N) is 4. The van der Waals surface area contributed by atoms with E-state index in [4.69, 9.17) is 4.74 Å². The van der Waals surface area contributed by atoms with E-state index in [-0.39, 0.29) is 11.1 Å². The number of rotatable bonds is 7. The van der Waals surface area contributed by atoms with Crippen molar-refractivity contribution < 1.29 is 4.74 Å². The van der Waals surface area contributed by atoms with Crippen molar-refractivity contribution in [3.8, 4) is 0 Å². The zero-order valence-electron chi connectivity index (χ0n) is 15.2. The van der Waals surface area contributed by atoms with E-state index in [1.54, 1.807) is 23.9 Å². The highest BCUT2D eigenvalue weighted by atomic mass is 32.2. The summed E-state index contributed by atoms with van der Waals surface area (Å²) in [5.74, 6) is 0.457. The van der Waals surface area contributed by atoms with Crippen molar-refractivity contribution in [3.05, 3.63) is 68.3 Å². The highest BCUT2D eigenvalue weighted by molar-refractivity contribution is 7.98. The largest absolute Gasteiger partial charge is 0.385 e. The first kappa shape index (κ1) is 18.9. The monoisotopic (exact) mass is 414 g/mol. The molecule has 0 spiro atoms. The Balaban J connectivity index is 1.68. The third-order valence-corrected chi connectivity index (χ3v) is 6.03. The molecule has 0 atom stereocenters. The lowest BCUT2D eigenvalue weighted by atomic mass is 10.2. The molecule has 0 aliphatic rings. The molecular weight excluding hydrogens is 396 g/mol. The molecule has 0 N–H and O–H groups in total. The third kappa shape index (κ3) is 3.73. The summed E-state index contributed by atoms with van der Waals surface area (Å²) in [6.45, 7) is 1.09. The maximum absolute atomic E-state index is 13.0. The van der Waals surface area contributed by atoms with Crippen LogP contribution < -0.4 is 11.1 Å². The topological polar surface area (TPSA) is 78.5 Å². The van der Waals surface area contributed by atoms with Gasteiger partial charge in [-0.1, -0.05) is 23.9 Å². The Labute approximate surface area is 168 Å². The van der Waals surface area contributed by atoms with Crippen molar-refractivity contribution in [2.24, 2.45) is 0 Å². The summed E-state index contributed by atoms with van der Waals surface area (Å²) >= 11 is 2.83. The van der Waals surface area contributed by atoms with Crippen LogP contribution in [0.2, 0.25) is 0 Å². The molecule has 0 saturated carbocycles. The minimum atomic E-state index is -0.106. The fraction of sp³-hybridized carbons (Fsp3) is 0.263. The van der Waals surface area contributed by atoms with E-state index >= 15 is 0 Å². The van der Waals surface area contributed by atoms with E-state index in [9.17, 15) is 9.59 Å². The molecule has 0 saturated heterocycles. The number of para-hydroxylation sites is 1. The third-order valence-electron chi connectivity index (χ3n) is 4.26. The van der Waals surface area contributed by atoms with Crippen LogP contribution in [0.25, 0.3) is 15.9 Å². The molecule has 3 heterocycles. The van der Waals surface area contributed by atoms with Crippen LogP contribution in [-0.2, 0) is 17.0 Å². The molecule has 0 unspecified atom stereocenters. The van der Waals surface area contributed by atoms with E-state index in [2.05, 4.69) is 9.97 Å². The van der Waals surface area contributed by atoms with Crippen LogP contribution in [0.5, 0.6) is 0 Å². The lowest BCUT2D eigenvalue weighted by molar-refractivity contribution is 0.189. The lowest BCUT2D eigenvalue weighted by Crippen LogP contribution is -2.24. The van der Waals surface area contributed by atoms with Crippen LogP contribution in [0.15, 0.2) is 56.7 Å². The van der Waals surface area contributed by atoms with E-state index in [0.29, 0.717) is 52.0 Å². The number of hydrogen-bond donors (Lipinski definition) is 0. The standard InChI is InChI=1S/C19H18N4O3S2/c1-26-9-4-7-23-17(25)14-5-2-3-6-15(14)21-19(23)28-12-13-11-16(24)22-8-10-27-18(22)20-13/h2-3,5-6,8,10-11H,4,7,9,12H2,1H3. The summed E-state index contributed by atoms with van der Waals surface area (Å²) in [5.41, 5.74) is 1.17. The number of benzene rings is 1. The summed E-state index contributed by atoms with van der Waals surface area (Å²) in [6, 6.07) is 8.86. The molecule has 0 aliphatic heterocycles. The second kappa shape index (κ2) is 8.26. The van der Waals surface area contributed by atoms with Gasteiger partial charge >= 0.3 is 0 Å². The van der Waals surface area contributed by atoms with Gasteiger partial charge in [-0.25, -0.2) is 9.97 Å². The van der Waals surface area contributed by atoms with E-state index in [1.165, 1.54) is 33.6 Å². The summed E-state index contributed by atoms with van der Waals surface area (Å²) in [6.07, 6.45) is 2.43. The summed E-state index contributed by atoms with van der Waals surface area (Å²) in [4.78, 5) is 35.0. The molecular formula is C19H18N4O3S2. The van der Waals surface area contributed by atoms with Gasteiger partial charge < -0.3 is 4.74 Å². The zero-order valence-corrected chi connectivity index (χ0v) is 16.8. The maximum Gasteiger partial charge on any atom is 0.262 e. The van der Waals surface area contributed by atoms with Gasteiger partial charge in [-0.15, -0.1) is 11.3 Å². The van der Waals surface area contributed by atoms with E-state index in [1.807, 2.05) is 23.6 Å². The van der Waals surface area contributed by atoms with Crippen LogP contribution >= 0.6 is 23.1 Å². The first-order chi connectivity index (χ1) is 13.7. The minimum Gasteiger partial charge on any atom is -0.385 e. The van der Waals surface area contributed by atoms with Crippen molar-refractivity contribution in [3.63, 3.8) is 0 Å². The van der Waals surface area contributed by atoms with Gasteiger partial charge in [-0.2, -0.15) is 0 Å². The van der Waals surface area contributed by atoms with Gasteiger partial charge in [-0.05, 0) is 18.6 Å². The number of aromatic nitrogens is 4. The Morgan fingerprint density at radius 1 is 1.21 bits per heavy atom. The molecule has 7 nitrogen and oxygen atoms in total. The van der Waals surface area contributed by atoms with Crippen molar-refractivity contribution in [1.82, 2.24) is 18.9 Å². The summed E-state index contributed by atoms with van der Waals surface area (Å²) in [5, 5.41) is 3.05. The van der Waals surface area contributed by atoms with Gasteiger partial charge in [-0.3, -0.25) is 18.6 Å². The van der Waals surface area contributed by atoms with Crippen molar-refractivity contribution >= 4 is 39.0 Å². The van der Waals surface area contributed by atoms with Gasteiger partial charge in [0.05, 0.1) is 16.6 Å². The number of thiazole rings is 1. The zero-order chi connectivity index (χ0) is 19.5. The molecule has 0 fully saturated rings. The van der Waals surface area contributed by atoms with Gasteiger partial charge in [0.2, 0.25) is 0 Å². The summed E-state index contributed by atoms with van der Waals surface area (Å²) < 4.78 is 8.32. The second-order valence-electron chi connectivity index (χ2n) is 6.14. The highest BCUT2D eigenvalue weighted by Gasteiger charge is 2.12. The quantitative estimate of drug-likeness (QED) is 0.263. The predicted molar refractivity (Wildman–Crippen MR) is 111 cm³/mol. The first-order valence-electron chi connectivity index (χ1n) is 8.74. The van der Waals surface area contributed by atoms with Gasteiger partial charge in [0.1, 0.15) is 0 Å². The van der Waals surface area contributed by atoms with Crippen LogP contribution in [-0.4, -0.2) is 32.7 Å². The highest BCUT2D eigenvalue weighted by Crippen LogP contribution is 2.22. The number of methoxy groups -OCH3 is 1. The number of ether oxygens (including phenoxy) is 1. The Morgan fingerprint density at radius 2 is 2.07 bits per heavy atom. The van der Waals surface area contributed by atoms with Gasteiger partial charge in [0.25, 0.3) is 11.1 Å². The van der Waals surface area contributed by atoms with E-state index in [0.717, 1.165) is 0 Å². The normalized spacial score (nSPS) is 11.5. The second-order valence-corrected chi connectivity index (χ2v) is 7.96. The Hall–Kier alpha value is -2.49. The minimum absolute atomic E-state index is 0.0639. The van der Waals surface area contributed by atoms with Crippen molar-refractivity contribution in [2.75, 3.05) is 13.7 Å². The summed E-state index contributed by atoms with van der Waals surface area (Å²) in [7, 11) is 1.64. The maximum atomic E-state index is 13.0. The molecule has 4 aromatic rings. The number of thioether (sulfide) groups is 1. The lowest BCUT2D eigenvalue weighted by Gasteiger charge is -2.13. The van der Waals surface area contributed by atoms with Gasteiger partial charge in [0.15, 0.2) is 10.1 Å². The van der Waals surface area contributed by atoms with Crippen LogP contribution in [0, 0.1) is 0 Å². The van der Waals surface area contributed by atoms with Crippen LogP contribution in [0.1, 0.15) is 12.1 Å². The molecule has 9 heteroatoms. The molecule has 0 radical (unpaired) electrons. The predicted octanol–water partition coefficient (Wildman–Crippen LogP) is 2.79. The molecule has 28 heavy (non-hydrogen) atoms. The molecule has 144 valence electrons.